The molecule has 1 aliphatic rings. The Labute approximate surface area is 92.0 Å². The number of aromatic nitrogens is 1. The minimum absolute atomic E-state index is 0.203. The van der Waals surface area contributed by atoms with Crippen LogP contribution in [0.15, 0.2) is 36.5 Å². The number of epoxide rings is 1. The Morgan fingerprint density at radius 1 is 1.31 bits per heavy atom. The lowest BCUT2D eigenvalue weighted by Crippen LogP contribution is -2.18. The molecule has 0 aliphatic carbocycles. The highest BCUT2D eigenvalue weighted by Crippen LogP contribution is 2.40. The highest BCUT2D eigenvalue weighted by atomic mass is 16.6. The predicted molar refractivity (Wildman–Crippen MR) is 58.6 cm³/mol. The number of para-hydroxylation sites is 1. The average Bonchev–Trinajstić information content (AvgIpc) is 3.08. The second-order valence-electron chi connectivity index (χ2n) is 3.80. The third-order valence-electron chi connectivity index (χ3n) is 2.76. The number of fused-ring (bicyclic) bond motifs is 1. The number of nitrogens with two attached hydrogens (primary N) is 1. The van der Waals surface area contributed by atoms with E-state index in [0.29, 0.717) is 0 Å². The SMILES string of the molecule is NC(=O)C1OC1c1ccnc2ccccc12. The van der Waals surface area contributed by atoms with E-state index in [-0.39, 0.29) is 6.10 Å². The van der Waals surface area contributed by atoms with Gasteiger partial charge < -0.3 is 10.5 Å². The first-order valence-corrected chi connectivity index (χ1v) is 5.06. The number of carbonyl (C=O) groups excluding carboxylic acids is 1. The summed E-state index contributed by atoms with van der Waals surface area (Å²) in [5.74, 6) is -0.411. The van der Waals surface area contributed by atoms with E-state index in [1.54, 1.807) is 6.20 Å². The number of hydrogen-bond acceptors (Lipinski definition) is 3. The van der Waals surface area contributed by atoms with Gasteiger partial charge in [0.1, 0.15) is 6.10 Å². The average molecular weight is 214 g/mol. The van der Waals surface area contributed by atoms with Gasteiger partial charge in [0, 0.05) is 11.6 Å². The zero-order chi connectivity index (χ0) is 11.1. The van der Waals surface area contributed by atoms with E-state index < -0.39 is 12.0 Å². The van der Waals surface area contributed by atoms with Crippen molar-refractivity contribution in [3.05, 3.63) is 42.1 Å². The van der Waals surface area contributed by atoms with Gasteiger partial charge in [0.15, 0.2) is 6.10 Å². The molecule has 3 rings (SSSR count). The molecule has 16 heavy (non-hydrogen) atoms. The molecule has 0 spiro atoms. The Bertz CT molecular complexity index is 562. The summed E-state index contributed by atoms with van der Waals surface area (Å²) >= 11 is 0. The highest BCUT2D eigenvalue weighted by Gasteiger charge is 2.45. The Hall–Kier alpha value is -1.94. The van der Waals surface area contributed by atoms with Gasteiger partial charge in [-0.15, -0.1) is 0 Å². The first-order chi connectivity index (χ1) is 7.77. The van der Waals surface area contributed by atoms with Gasteiger partial charge >= 0.3 is 0 Å². The number of primary amides is 1. The Kier molecular flexibility index (Phi) is 1.91. The molecule has 1 aromatic heterocycles. The molecule has 1 aromatic carbocycles. The summed E-state index contributed by atoms with van der Waals surface area (Å²) in [5, 5.41) is 1.01. The molecular weight excluding hydrogens is 204 g/mol. The van der Waals surface area contributed by atoms with Crippen LogP contribution in [0.2, 0.25) is 0 Å². The van der Waals surface area contributed by atoms with E-state index >= 15 is 0 Å². The number of nitrogens with zero attached hydrogens (tertiary/aromatic N) is 1. The standard InChI is InChI=1S/C12H10N2O2/c13-12(15)11-10(16-11)8-5-6-14-9-4-2-1-3-7(8)9/h1-6,10-11H,(H2,13,15). The number of hydrogen-bond donors (Lipinski definition) is 1. The Morgan fingerprint density at radius 2 is 2.12 bits per heavy atom. The lowest BCUT2D eigenvalue weighted by molar-refractivity contribution is -0.119. The van der Waals surface area contributed by atoms with Gasteiger partial charge in [-0.3, -0.25) is 9.78 Å². The highest BCUT2D eigenvalue weighted by molar-refractivity contribution is 5.87. The van der Waals surface area contributed by atoms with Gasteiger partial charge in [-0.05, 0) is 17.7 Å². The molecule has 1 fully saturated rings. The number of ether oxygens (including phenoxy) is 1. The van der Waals surface area contributed by atoms with Crippen LogP contribution in [0.1, 0.15) is 11.7 Å². The summed E-state index contributed by atoms with van der Waals surface area (Å²) in [5.41, 5.74) is 7.07. The van der Waals surface area contributed by atoms with Gasteiger partial charge in [-0.2, -0.15) is 0 Å². The van der Waals surface area contributed by atoms with Crippen LogP contribution in [0, 0.1) is 0 Å². The van der Waals surface area contributed by atoms with Gasteiger partial charge in [0.05, 0.1) is 5.52 Å². The van der Waals surface area contributed by atoms with E-state index in [4.69, 9.17) is 10.5 Å². The number of carbonyl (C=O) groups is 1. The van der Waals surface area contributed by atoms with Crippen LogP contribution < -0.4 is 5.73 Å². The molecule has 1 saturated heterocycles. The Balaban J connectivity index is 2.08. The maximum atomic E-state index is 11.0. The van der Waals surface area contributed by atoms with Crippen molar-refractivity contribution >= 4 is 16.8 Å². The topological polar surface area (TPSA) is 68.5 Å². The Morgan fingerprint density at radius 3 is 2.88 bits per heavy atom. The van der Waals surface area contributed by atoms with Crippen molar-refractivity contribution < 1.29 is 9.53 Å². The van der Waals surface area contributed by atoms with E-state index in [2.05, 4.69) is 4.98 Å². The maximum absolute atomic E-state index is 11.0. The molecule has 2 atom stereocenters. The molecule has 0 bridgehead atoms. The number of benzene rings is 1. The molecule has 0 saturated carbocycles. The lowest BCUT2D eigenvalue weighted by atomic mass is 10.0. The van der Waals surface area contributed by atoms with Crippen LogP contribution in [0.4, 0.5) is 0 Å². The summed E-state index contributed by atoms with van der Waals surface area (Å²) < 4.78 is 5.27. The van der Waals surface area contributed by atoms with E-state index in [9.17, 15) is 4.79 Å². The van der Waals surface area contributed by atoms with Crippen molar-refractivity contribution in [2.45, 2.75) is 12.2 Å². The second-order valence-corrected chi connectivity index (χ2v) is 3.80. The summed E-state index contributed by atoms with van der Waals surface area (Å²) in [4.78, 5) is 15.2. The van der Waals surface area contributed by atoms with Crippen LogP contribution in [0.5, 0.6) is 0 Å². The molecule has 80 valence electrons. The van der Waals surface area contributed by atoms with Crippen molar-refractivity contribution in [1.82, 2.24) is 4.98 Å². The number of rotatable bonds is 2. The lowest BCUT2D eigenvalue weighted by Gasteiger charge is -2.01. The van der Waals surface area contributed by atoms with Crippen molar-refractivity contribution in [3.63, 3.8) is 0 Å². The number of pyridine rings is 1. The van der Waals surface area contributed by atoms with Crippen molar-refractivity contribution in [3.8, 4) is 0 Å². The normalized spacial score (nSPS) is 23.2. The van der Waals surface area contributed by atoms with Crippen LogP contribution >= 0.6 is 0 Å². The van der Waals surface area contributed by atoms with Crippen LogP contribution in [0.3, 0.4) is 0 Å². The molecular formula is C12H10N2O2. The van der Waals surface area contributed by atoms with E-state index in [0.717, 1.165) is 16.5 Å². The summed E-state index contributed by atoms with van der Waals surface area (Å²) in [6.07, 6.45) is 1.04. The van der Waals surface area contributed by atoms with Crippen LogP contribution in [0.25, 0.3) is 10.9 Å². The third kappa shape index (κ3) is 1.35. The monoisotopic (exact) mass is 214 g/mol. The van der Waals surface area contributed by atoms with Crippen LogP contribution in [-0.2, 0) is 9.53 Å². The first-order valence-electron chi connectivity index (χ1n) is 5.06. The van der Waals surface area contributed by atoms with E-state index in [1.807, 2.05) is 30.3 Å². The number of amides is 1. The molecule has 4 heteroatoms. The fourth-order valence-corrected chi connectivity index (χ4v) is 1.93. The minimum atomic E-state index is -0.481. The molecule has 2 unspecified atom stereocenters. The zero-order valence-corrected chi connectivity index (χ0v) is 8.46. The molecule has 2 heterocycles. The minimum Gasteiger partial charge on any atom is -0.367 e. The van der Waals surface area contributed by atoms with Crippen molar-refractivity contribution in [2.75, 3.05) is 0 Å². The smallest absolute Gasteiger partial charge is 0.249 e. The quantitative estimate of drug-likeness (QED) is 0.763. The first kappa shape index (κ1) is 9.30. The van der Waals surface area contributed by atoms with Gasteiger partial charge in [0.2, 0.25) is 5.91 Å². The van der Waals surface area contributed by atoms with Gasteiger partial charge in [-0.1, -0.05) is 18.2 Å². The molecule has 1 amide bonds. The summed E-state index contributed by atoms with van der Waals surface area (Å²) in [6, 6.07) is 9.64. The predicted octanol–water partition coefficient (Wildman–Crippen LogP) is 1.16. The van der Waals surface area contributed by atoms with Gasteiger partial charge in [0.25, 0.3) is 0 Å². The fourth-order valence-electron chi connectivity index (χ4n) is 1.93. The van der Waals surface area contributed by atoms with Gasteiger partial charge in [-0.25, -0.2) is 0 Å². The molecule has 2 N–H and O–H groups in total. The zero-order valence-electron chi connectivity index (χ0n) is 8.46. The van der Waals surface area contributed by atoms with Crippen molar-refractivity contribution in [1.29, 1.82) is 0 Å². The van der Waals surface area contributed by atoms with Crippen LogP contribution in [-0.4, -0.2) is 17.0 Å². The maximum Gasteiger partial charge on any atom is 0.249 e. The van der Waals surface area contributed by atoms with E-state index in [1.165, 1.54) is 0 Å². The largest absolute Gasteiger partial charge is 0.367 e. The second kappa shape index (κ2) is 3.28. The van der Waals surface area contributed by atoms with Crippen molar-refractivity contribution in [2.24, 2.45) is 5.73 Å². The molecule has 4 nitrogen and oxygen atoms in total. The molecule has 2 aromatic rings. The fraction of sp³-hybridized carbons (Fsp3) is 0.167. The molecule has 1 aliphatic heterocycles. The third-order valence-corrected chi connectivity index (χ3v) is 2.76. The summed E-state index contributed by atoms with van der Waals surface area (Å²) in [7, 11) is 0. The summed E-state index contributed by atoms with van der Waals surface area (Å²) in [6.45, 7) is 0. The molecule has 0 radical (unpaired) electrons.